The van der Waals surface area contributed by atoms with E-state index in [9.17, 15) is 4.79 Å². The van der Waals surface area contributed by atoms with Gasteiger partial charge in [-0.05, 0) is 22.4 Å². The number of thiophene rings is 1. The third-order valence-corrected chi connectivity index (χ3v) is 2.82. The summed E-state index contributed by atoms with van der Waals surface area (Å²) in [5.41, 5.74) is 1.11. The molecule has 3 nitrogen and oxygen atoms in total. The lowest BCUT2D eigenvalue weighted by Crippen LogP contribution is -2.57. The standard InChI is InChI=1S/C9H12N2OS/c12-9(11-8-4-10-5-8)3-7-1-2-13-6-7/h1-2,6,8,10H,3-5H2,(H,11,12). The zero-order valence-electron chi connectivity index (χ0n) is 7.25. The third kappa shape index (κ3) is 2.29. The zero-order valence-corrected chi connectivity index (χ0v) is 8.06. The maximum atomic E-state index is 11.4. The van der Waals surface area contributed by atoms with Gasteiger partial charge >= 0.3 is 0 Å². The maximum absolute atomic E-state index is 11.4. The summed E-state index contributed by atoms with van der Waals surface area (Å²) in [6.07, 6.45) is 0.514. The Morgan fingerprint density at radius 2 is 2.54 bits per heavy atom. The minimum absolute atomic E-state index is 0.130. The Morgan fingerprint density at radius 1 is 1.69 bits per heavy atom. The molecule has 0 unspecified atom stereocenters. The van der Waals surface area contributed by atoms with E-state index in [1.807, 2.05) is 16.8 Å². The van der Waals surface area contributed by atoms with Crippen LogP contribution in [-0.2, 0) is 11.2 Å². The Balaban J connectivity index is 1.78. The van der Waals surface area contributed by atoms with Crippen molar-refractivity contribution in [1.29, 1.82) is 0 Å². The van der Waals surface area contributed by atoms with Crippen LogP contribution in [0.15, 0.2) is 16.8 Å². The molecule has 2 N–H and O–H groups in total. The first-order valence-corrected chi connectivity index (χ1v) is 5.30. The molecule has 1 fully saturated rings. The van der Waals surface area contributed by atoms with Gasteiger partial charge in [0, 0.05) is 13.1 Å². The smallest absolute Gasteiger partial charge is 0.224 e. The van der Waals surface area contributed by atoms with Gasteiger partial charge in [-0.1, -0.05) is 0 Å². The summed E-state index contributed by atoms with van der Waals surface area (Å²) in [6.45, 7) is 1.82. The molecule has 0 spiro atoms. The van der Waals surface area contributed by atoms with Gasteiger partial charge in [-0.2, -0.15) is 11.3 Å². The lowest BCUT2D eigenvalue weighted by atomic mass is 10.1. The van der Waals surface area contributed by atoms with E-state index in [2.05, 4.69) is 10.6 Å². The molecule has 1 aliphatic rings. The van der Waals surface area contributed by atoms with Gasteiger partial charge in [-0.25, -0.2) is 0 Å². The fourth-order valence-corrected chi connectivity index (χ4v) is 1.92. The predicted molar refractivity (Wildman–Crippen MR) is 52.8 cm³/mol. The summed E-state index contributed by atoms with van der Waals surface area (Å²) in [4.78, 5) is 11.4. The summed E-state index contributed by atoms with van der Waals surface area (Å²) in [5, 5.41) is 10.1. The van der Waals surface area contributed by atoms with Gasteiger partial charge in [0.25, 0.3) is 0 Å². The van der Waals surface area contributed by atoms with Crippen LogP contribution in [0.1, 0.15) is 5.56 Å². The number of carbonyl (C=O) groups excluding carboxylic acids is 1. The van der Waals surface area contributed by atoms with Crippen LogP contribution in [0.5, 0.6) is 0 Å². The lowest BCUT2D eigenvalue weighted by molar-refractivity contribution is -0.121. The lowest BCUT2D eigenvalue weighted by Gasteiger charge is -2.27. The largest absolute Gasteiger partial charge is 0.351 e. The van der Waals surface area contributed by atoms with Crippen molar-refractivity contribution in [2.45, 2.75) is 12.5 Å². The van der Waals surface area contributed by atoms with Crippen LogP contribution < -0.4 is 10.6 Å². The van der Waals surface area contributed by atoms with Crippen molar-refractivity contribution in [2.24, 2.45) is 0 Å². The Labute approximate surface area is 81.2 Å². The highest BCUT2D eigenvalue weighted by Gasteiger charge is 2.18. The van der Waals surface area contributed by atoms with Gasteiger partial charge in [-0.15, -0.1) is 0 Å². The van der Waals surface area contributed by atoms with Gasteiger partial charge in [0.1, 0.15) is 0 Å². The minimum atomic E-state index is 0.130. The van der Waals surface area contributed by atoms with Crippen molar-refractivity contribution in [3.8, 4) is 0 Å². The molecule has 4 heteroatoms. The van der Waals surface area contributed by atoms with E-state index in [-0.39, 0.29) is 5.91 Å². The summed E-state index contributed by atoms with van der Waals surface area (Å²) < 4.78 is 0. The van der Waals surface area contributed by atoms with Crippen molar-refractivity contribution in [3.05, 3.63) is 22.4 Å². The molecule has 13 heavy (non-hydrogen) atoms. The van der Waals surface area contributed by atoms with Crippen molar-refractivity contribution in [3.63, 3.8) is 0 Å². The van der Waals surface area contributed by atoms with Crippen LogP contribution in [-0.4, -0.2) is 25.0 Å². The molecule has 0 atom stereocenters. The van der Waals surface area contributed by atoms with Crippen LogP contribution in [0.2, 0.25) is 0 Å². The average molecular weight is 196 g/mol. The molecule has 70 valence electrons. The van der Waals surface area contributed by atoms with Gasteiger partial charge in [0.2, 0.25) is 5.91 Å². The second kappa shape index (κ2) is 3.89. The summed E-state index contributed by atoms with van der Waals surface area (Å²) in [6, 6.07) is 2.34. The first kappa shape index (κ1) is 8.72. The number of carbonyl (C=O) groups is 1. The van der Waals surface area contributed by atoms with E-state index in [1.165, 1.54) is 0 Å². The molecule has 0 radical (unpaired) electrons. The fourth-order valence-electron chi connectivity index (χ4n) is 1.25. The van der Waals surface area contributed by atoms with Crippen molar-refractivity contribution in [2.75, 3.05) is 13.1 Å². The molecular formula is C9H12N2OS. The first-order chi connectivity index (χ1) is 6.34. The molecule has 2 rings (SSSR count). The van der Waals surface area contributed by atoms with Crippen molar-refractivity contribution < 1.29 is 4.79 Å². The van der Waals surface area contributed by atoms with Gasteiger partial charge in [0.05, 0.1) is 12.5 Å². The third-order valence-electron chi connectivity index (χ3n) is 2.09. The van der Waals surface area contributed by atoms with E-state index in [0.29, 0.717) is 12.5 Å². The number of amides is 1. The highest BCUT2D eigenvalue weighted by Crippen LogP contribution is 2.06. The van der Waals surface area contributed by atoms with E-state index < -0.39 is 0 Å². The van der Waals surface area contributed by atoms with E-state index in [0.717, 1.165) is 18.7 Å². The molecular weight excluding hydrogens is 184 g/mol. The molecule has 1 amide bonds. The molecule has 0 aliphatic carbocycles. The Kier molecular flexibility index (Phi) is 2.61. The number of nitrogens with one attached hydrogen (secondary N) is 2. The fraction of sp³-hybridized carbons (Fsp3) is 0.444. The first-order valence-electron chi connectivity index (χ1n) is 4.36. The summed E-state index contributed by atoms with van der Waals surface area (Å²) in [7, 11) is 0. The Bertz CT molecular complexity index is 280. The quantitative estimate of drug-likeness (QED) is 0.733. The van der Waals surface area contributed by atoms with Crippen molar-refractivity contribution >= 4 is 17.2 Å². The van der Waals surface area contributed by atoms with Gasteiger partial charge in [0.15, 0.2) is 0 Å². The number of hydrogen-bond donors (Lipinski definition) is 2. The SMILES string of the molecule is O=C(Cc1ccsc1)NC1CNC1. The van der Waals surface area contributed by atoms with Crippen LogP contribution >= 0.6 is 11.3 Å². The van der Waals surface area contributed by atoms with Crippen LogP contribution in [0.3, 0.4) is 0 Å². The second-order valence-corrected chi connectivity index (χ2v) is 4.01. The maximum Gasteiger partial charge on any atom is 0.224 e. The zero-order chi connectivity index (χ0) is 9.10. The highest BCUT2D eigenvalue weighted by molar-refractivity contribution is 7.07. The number of rotatable bonds is 3. The highest BCUT2D eigenvalue weighted by atomic mass is 32.1. The number of hydrogen-bond acceptors (Lipinski definition) is 3. The van der Waals surface area contributed by atoms with E-state index in [4.69, 9.17) is 0 Å². The van der Waals surface area contributed by atoms with Crippen LogP contribution in [0.25, 0.3) is 0 Å². The molecule has 1 aromatic heterocycles. The molecule has 1 aromatic rings. The summed E-state index contributed by atoms with van der Waals surface area (Å²) >= 11 is 1.63. The Morgan fingerprint density at radius 3 is 3.08 bits per heavy atom. The second-order valence-electron chi connectivity index (χ2n) is 3.23. The van der Waals surface area contributed by atoms with Crippen LogP contribution in [0.4, 0.5) is 0 Å². The van der Waals surface area contributed by atoms with E-state index in [1.54, 1.807) is 11.3 Å². The Hall–Kier alpha value is -0.870. The molecule has 2 heterocycles. The topological polar surface area (TPSA) is 41.1 Å². The molecule has 0 bridgehead atoms. The molecule has 0 aromatic carbocycles. The van der Waals surface area contributed by atoms with Crippen LogP contribution in [0, 0.1) is 0 Å². The predicted octanol–water partition coefficient (Wildman–Crippen LogP) is 0.379. The minimum Gasteiger partial charge on any atom is -0.351 e. The normalized spacial score (nSPS) is 16.6. The monoisotopic (exact) mass is 196 g/mol. The molecule has 1 aliphatic heterocycles. The van der Waals surface area contributed by atoms with E-state index >= 15 is 0 Å². The summed E-state index contributed by atoms with van der Waals surface area (Å²) in [5.74, 6) is 0.130. The molecule has 0 saturated carbocycles. The van der Waals surface area contributed by atoms with Gasteiger partial charge < -0.3 is 10.6 Å². The van der Waals surface area contributed by atoms with Gasteiger partial charge in [-0.3, -0.25) is 4.79 Å². The average Bonchev–Trinajstić information content (AvgIpc) is 2.49. The van der Waals surface area contributed by atoms with Crippen molar-refractivity contribution in [1.82, 2.24) is 10.6 Å². The molecule has 1 saturated heterocycles.